The summed E-state index contributed by atoms with van der Waals surface area (Å²) in [5.41, 5.74) is 1.44. The van der Waals surface area contributed by atoms with Crippen LogP contribution in [-0.4, -0.2) is 19.3 Å². The minimum absolute atomic E-state index is 0.427. The Morgan fingerprint density at radius 1 is 1.42 bits per heavy atom. The van der Waals surface area contributed by atoms with Crippen molar-refractivity contribution in [2.45, 2.75) is 59.1 Å². The molecule has 19 heavy (non-hydrogen) atoms. The molecule has 0 aliphatic carbocycles. The third-order valence-corrected chi connectivity index (χ3v) is 5.30. The maximum Gasteiger partial charge on any atom is 0.0620 e. The molecule has 1 aromatic rings. The first-order valence-corrected chi connectivity index (χ1v) is 8.40. The van der Waals surface area contributed by atoms with E-state index in [0.717, 1.165) is 19.6 Å². The Balaban J connectivity index is 2.22. The maximum atomic E-state index is 5.91. The van der Waals surface area contributed by atoms with Crippen LogP contribution in [0, 0.1) is 19.8 Å². The molecule has 1 aliphatic rings. The van der Waals surface area contributed by atoms with Crippen LogP contribution in [0.4, 0.5) is 0 Å². The smallest absolute Gasteiger partial charge is 0.0620 e. The number of nitrogens with one attached hydrogen (secondary N) is 1. The van der Waals surface area contributed by atoms with Crippen molar-refractivity contribution in [2.24, 2.45) is 5.92 Å². The maximum absolute atomic E-state index is 5.91. The lowest BCUT2D eigenvalue weighted by Gasteiger charge is -2.28. The normalized spacial score (nSPS) is 24.8. The predicted molar refractivity (Wildman–Crippen MR) is 83.0 cm³/mol. The fourth-order valence-electron chi connectivity index (χ4n) is 3.17. The monoisotopic (exact) mass is 281 g/mol. The largest absolute Gasteiger partial charge is 0.378 e. The molecule has 3 atom stereocenters. The van der Waals surface area contributed by atoms with E-state index in [-0.39, 0.29) is 0 Å². The van der Waals surface area contributed by atoms with E-state index in [0.29, 0.717) is 18.1 Å². The molecule has 108 valence electrons. The van der Waals surface area contributed by atoms with E-state index in [4.69, 9.17) is 4.74 Å². The highest BCUT2D eigenvalue weighted by molar-refractivity contribution is 7.12. The number of aryl methyl sites for hydroxylation is 2. The van der Waals surface area contributed by atoms with Gasteiger partial charge in [-0.15, -0.1) is 11.3 Å². The minimum atomic E-state index is 0.427. The molecule has 0 saturated carbocycles. The summed E-state index contributed by atoms with van der Waals surface area (Å²) in [7, 11) is 0. The van der Waals surface area contributed by atoms with E-state index < -0.39 is 0 Å². The Hall–Kier alpha value is -0.380. The summed E-state index contributed by atoms with van der Waals surface area (Å²) in [6, 6.07) is 2.79. The summed E-state index contributed by atoms with van der Waals surface area (Å²) in [6.07, 6.45) is 3.93. The summed E-state index contributed by atoms with van der Waals surface area (Å²) >= 11 is 1.95. The van der Waals surface area contributed by atoms with Crippen molar-refractivity contribution in [2.75, 3.05) is 13.2 Å². The lowest BCUT2D eigenvalue weighted by atomic mass is 9.89. The van der Waals surface area contributed by atoms with E-state index in [1.807, 2.05) is 11.3 Å². The summed E-state index contributed by atoms with van der Waals surface area (Å²) in [5.74, 6) is 0.633. The fraction of sp³-hybridized carbons (Fsp3) is 0.750. The molecule has 3 heteroatoms. The molecule has 0 bridgehead atoms. The van der Waals surface area contributed by atoms with E-state index in [9.17, 15) is 0 Å². The van der Waals surface area contributed by atoms with Gasteiger partial charge in [0.05, 0.1) is 6.10 Å². The van der Waals surface area contributed by atoms with Crippen LogP contribution in [0.15, 0.2) is 6.07 Å². The zero-order valence-corrected chi connectivity index (χ0v) is 13.5. The Labute approximate surface area is 121 Å². The van der Waals surface area contributed by atoms with Crippen LogP contribution >= 0.6 is 11.3 Å². The number of thiophene rings is 1. The zero-order chi connectivity index (χ0) is 13.8. The molecule has 2 nitrogen and oxygen atoms in total. The molecule has 2 rings (SSSR count). The highest BCUT2D eigenvalue weighted by Crippen LogP contribution is 2.39. The van der Waals surface area contributed by atoms with Crippen molar-refractivity contribution >= 4 is 11.3 Å². The van der Waals surface area contributed by atoms with Crippen LogP contribution in [-0.2, 0) is 4.74 Å². The van der Waals surface area contributed by atoms with Crippen LogP contribution in [0.5, 0.6) is 0 Å². The number of ether oxygens (including phenoxy) is 1. The van der Waals surface area contributed by atoms with Crippen LogP contribution in [0.2, 0.25) is 0 Å². The van der Waals surface area contributed by atoms with Crippen molar-refractivity contribution in [3.8, 4) is 0 Å². The third kappa shape index (κ3) is 3.39. The minimum Gasteiger partial charge on any atom is -0.378 e. The second-order valence-corrected chi connectivity index (χ2v) is 6.89. The van der Waals surface area contributed by atoms with E-state index in [1.165, 1.54) is 28.2 Å². The van der Waals surface area contributed by atoms with Gasteiger partial charge in [0.1, 0.15) is 0 Å². The molecule has 2 heterocycles. The zero-order valence-electron chi connectivity index (χ0n) is 12.7. The SMILES string of the molecule is CCCNC(c1sc(C)cc1C)C1CCOC1CC. The lowest BCUT2D eigenvalue weighted by Crippen LogP contribution is -2.33. The molecule has 1 fully saturated rings. The standard InChI is InChI=1S/C16H27NOS/c1-5-8-17-15(13-7-9-18-14(13)6-2)16-11(3)10-12(4)19-16/h10,13-15,17H,5-9H2,1-4H3. The van der Waals surface area contributed by atoms with Crippen molar-refractivity contribution in [3.63, 3.8) is 0 Å². The Morgan fingerprint density at radius 2 is 2.21 bits per heavy atom. The average Bonchev–Trinajstić information content (AvgIpc) is 2.97. The average molecular weight is 281 g/mol. The second kappa shape index (κ2) is 6.87. The molecule has 0 spiro atoms. The van der Waals surface area contributed by atoms with Crippen molar-refractivity contribution < 1.29 is 4.74 Å². The summed E-state index contributed by atoms with van der Waals surface area (Å²) in [4.78, 5) is 2.95. The van der Waals surface area contributed by atoms with Gasteiger partial charge in [-0.2, -0.15) is 0 Å². The molecule has 1 N–H and O–H groups in total. The molecule has 1 saturated heterocycles. The molecule has 1 aromatic heterocycles. The Bertz CT molecular complexity index is 401. The van der Waals surface area contributed by atoms with E-state index in [1.54, 1.807) is 0 Å². The number of hydrogen-bond donors (Lipinski definition) is 1. The van der Waals surface area contributed by atoms with Gasteiger partial charge >= 0.3 is 0 Å². The first-order valence-electron chi connectivity index (χ1n) is 7.59. The van der Waals surface area contributed by atoms with Gasteiger partial charge < -0.3 is 10.1 Å². The van der Waals surface area contributed by atoms with Gasteiger partial charge in [0.2, 0.25) is 0 Å². The number of hydrogen-bond acceptors (Lipinski definition) is 3. The Kier molecular flexibility index (Phi) is 5.43. The molecule has 1 aliphatic heterocycles. The van der Waals surface area contributed by atoms with Gasteiger partial charge in [-0.1, -0.05) is 13.8 Å². The van der Waals surface area contributed by atoms with Crippen LogP contribution in [0.1, 0.15) is 54.5 Å². The molecule has 0 aromatic carbocycles. The Morgan fingerprint density at radius 3 is 2.79 bits per heavy atom. The topological polar surface area (TPSA) is 21.3 Å². The van der Waals surface area contributed by atoms with E-state index >= 15 is 0 Å². The van der Waals surface area contributed by atoms with Gasteiger partial charge in [0.15, 0.2) is 0 Å². The summed E-state index contributed by atoms with van der Waals surface area (Å²) in [5, 5.41) is 3.78. The van der Waals surface area contributed by atoms with Crippen molar-refractivity contribution in [1.82, 2.24) is 5.32 Å². The van der Waals surface area contributed by atoms with Crippen molar-refractivity contribution in [3.05, 3.63) is 21.4 Å². The fourth-order valence-corrected chi connectivity index (χ4v) is 4.36. The van der Waals surface area contributed by atoms with Gasteiger partial charge in [-0.25, -0.2) is 0 Å². The van der Waals surface area contributed by atoms with Gasteiger partial charge in [0, 0.05) is 28.3 Å². The predicted octanol–water partition coefficient (Wildman–Crippen LogP) is 4.22. The summed E-state index contributed by atoms with van der Waals surface area (Å²) < 4.78 is 5.91. The van der Waals surface area contributed by atoms with Crippen molar-refractivity contribution in [1.29, 1.82) is 0 Å². The third-order valence-electron chi connectivity index (χ3n) is 4.07. The molecule has 3 unspecified atom stereocenters. The second-order valence-electron chi connectivity index (χ2n) is 5.61. The van der Waals surface area contributed by atoms with Crippen LogP contribution in [0.3, 0.4) is 0 Å². The molecule has 0 radical (unpaired) electrons. The lowest BCUT2D eigenvalue weighted by molar-refractivity contribution is 0.0777. The number of rotatable bonds is 6. The summed E-state index contributed by atoms with van der Waals surface area (Å²) in [6.45, 7) is 11.0. The molecule has 0 amide bonds. The van der Waals surface area contributed by atoms with Crippen LogP contribution in [0.25, 0.3) is 0 Å². The van der Waals surface area contributed by atoms with Crippen LogP contribution < -0.4 is 5.32 Å². The van der Waals surface area contributed by atoms with E-state index in [2.05, 4.69) is 39.1 Å². The highest BCUT2D eigenvalue weighted by atomic mass is 32.1. The molecular formula is C16H27NOS. The molecular weight excluding hydrogens is 254 g/mol. The first kappa shape index (κ1) is 15.0. The highest BCUT2D eigenvalue weighted by Gasteiger charge is 2.35. The van der Waals surface area contributed by atoms with Gasteiger partial charge in [0.25, 0.3) is 0 Å². The first-order chi connectivity index (χ1) is 9.17. The van der Waals surface area contributed by atoms with Gasteiger partial charge in [-0.05, 0) is 51.3 Å². The van der Waals surface area contributed by atoms with Gasteiger partial charge in [-0.3, -0.25) is 0 Å². The quantitative estimate of drug-likeness (QED) is 0.843.